The molecule has 1 amide bonds. The molecule has 0 saturated carbocycles. The highest BCUT2D eigenvalue weighted by atomic mass is 16.5. The number of rotatable bonds is 6. The number of benzene rings is 1. The standard InChI is InChI=1S/C15H23NO2/c1-5-6-12(3)16-15(17)13(4)18-14-9-7-11(2)8-10-14/h7-10,12-13H,5-6H2,1-4H3,(H,16,17). The van der Waals surface area contributed by atoms with Crippen LogP contribution in [0.3, 0.4) is 0 Å². The van der Waals surface area contributed by atoms with Crippen LogP contribution in [0.4, 0.5) is 0 Å². The van der Waals surface area contributed by atoms with E-state index in [1.165, 1.54) is 5.56 Å². The quantitative estimate of drug-likeness (QED) is 0.841. The van der Waals surface area contributed by atoms with E-state index in [1.807, 2.05) is 38.1 Å². The van der Waals surface area contributed by atoms with Gasteiger partial charge in [-0.3, -0.25) is 4.79 Å². The van der Waals surface area contributed by atoms with Gasteiger partial charge in [0.1, 0.15) is 5.75 Å². The van der Waals surface area contributed by atoms with Crippen LogP contribution in [0.2, 0.25) is 0 Å². The van der Waals surface area contributed by atoms with E-state index in [2.05, 4.69) is 12.2 Å². The molecule has 1 aromatic carbocycles. The van der Waals surface area contributed by atoms with E-state index in [0.29, 0.717) is 0 Å². The highest BCUT2D eigenvalue weighted by Gasteiger charge is 2.16. The highest BCUT2D eigenvalue weighted by molar-refractivity contribution is 5.80. The Morgan fingerprint density at radius 1 is 1.28 bits per heavy atom. The zero-order valence-corrected chi connectivity index (χ0v) is 11.7. The Morgan fingerprint density at radius 2 is 1.89 bits per heavy atom. The number of hydrogen-bond acceptors (Lipinski definition) is 2. The molecular weight excluding hydrogens is 226 g/mol. The molecule has 3 heteroatoms. The predicted molar refractivity (Wildman–Crippen MR) is 73.8 cm³/mol. The van der Waals surface area contributed by atoms with Crippen molar-refractivity contribution < 1.29 is 9.53 Å². The highest BCUT2D eigenvalue weighted by Crippen LogP contribution is 2.13. The van der Waals surface area contributed by atoms with Crippen molar-refractivity contribution in [2.45, 2.75) is 52.7 Å². The van der Waals surface area contributed by atoms with Crippen LogP contribution in [0.25, 0.3) is 0 Å². The summed E-state index contributed by atoms with van der Waals surface area (Å²) in [6.45, 7) is 7.91. The normalized spacial score (nSPS) is 13.8. The molecule has 1 aromatic rings. The molecule has 0 aliphatic heterocycles. The van der Waals surface area contributed by atoms with Gasteiger partial charge >= 0.3 is 0 Å². The molecule has 18 heavy (non-hydrogen) atoms. The lowest BCUT2D eigenvalue weighted by Crippen LogP contribution is -2.41. The average Bonchev–Trinajstić information content (AvgIpc) is 2.32. The Kier molecular flexibility index (Phi) is 5.69. The monoisotopic (exact) mass is 249 g/mol. The molecule has 100 valence electrons. The summed E-state index contributed by atoms with van der Waals surface area (Å²) in [5.74, 6) is 0.669. The predicted octanol–water partition coefficient (Wildman–Crippen LogP) is 3.07. The summed E-state index contributed by atoms with van der Waals surface area (Å²) in [6, 6.07) is 7.91. The van der Waals surface area contributed by atoms with Crippen LogP contribution in [0.15, 0.2) is 24.3 Å². The molecule has 0 aliphatic carbocycles. The first-order chi connectivity index (χ1) is 8.52. The van der Waals surface area contributed by atoms with E-state index in [1.54, 1.807) is 6.92 Å². The molecule has 3 nitrogen and oxygen atoms in total. The molecular formula is C15H23NO2. The topological polar surface area (TPSA) is 38.3 Å². The van der Waals surface area contributed by atoms with E-state index in [9.17, 15) is 4.79 Å². The van der Waals surface area contributed by atoms with Gasteiger partial charge in [-0.15, -0.1) is 0 Å². The lowest BCUT2D eigenvalue weighted by Gasteiger charge is -2.18. The summed E-state index contributed by atoms with van der Waals surface area (Å²) in [5, 5.41) is 2.95. The first-order valence-electron chi connectivity index (χ1n) is 6.56. The van der Waals surface area contributed by atoms with Gasteiger partial charge < -0.3 is 10.1 Å². The van der Waals surface area contributed by atoms with Crippen molar-refractivity contribution in [2.24, 2.45) is 0 Å². The lowest BCUT2D eigenvalue weighted by atomic mass is 10.2. The minimum Gasteiger partial charge on any atom is -0.481 e. The third-order valence-electron chi connectivity index (χ3n) is 2.81. The number of carbonyl (C=O) groups excluding carboxylic acids is 1. The molecule has 2 unspecified atom stereocenters. The molecule has 0 fully saturated rings. The van der Waals surface area contributed by atoms with Gasteiger partial charge in [-0.25, -0.2) is 0 Å². The average molecular weight is 249 g/mol. The van der Waals surface area contributed by atoms with E-state index in [0.717, 1.165) is 18.6 Å². The van der Waals surface area contributed by atoms with Crippen molar-refractivity contribution in [2.75, 3.05) is 0 Å². The molecule has 1 rings (SSSR count). The van der Waals surface area contributed by atoms with Crippen LogP contribution in [0.1, 0.15) is 39.2 Å². The molecule has 0 bridgehead atoms. The fraction of sp³-hybridized carbons (Fsp3) is 0.533. The Hall–Kier alpha value is -1.51. The Morgan fingerprint density at radius 3 is 2.44 bits per heavy atom. The zero-order valence-electron chi connectivity index (χ0n) is 11.7. The number of ether oxygens (including phenoxy) is 1. The largest absolute Gasteiger partial charge is 0.481 e. The van der Waals surface area contributed by atoms with Gasteiger partial charge in [0.25, 0.3) is 5.91 Å². The smallest absolute Gasteiger partial charge is 0.260 e. The Labute approximate surface area is 110 Å². The van der Waals surface area contributed by atoms with Crippen LogP contribution in [0, 0.1) is 6.92 Å². The van der Waals surface area contributed by atoms with E-state index >= 15 is 0 Å². The number of aryl methyl sites for hydroxylation is 1. The minimum absolute atomic E-state index is 0.0588. The van der Waals surface area contributed by atoms with Gasteiger partial charge in [-0.1, -0.05) is 31.0 Å². The van der Waals surface area contributed by atoms with Crippen LogP contribution in [-0.4, -0.2) is 18.1 Å². The van der Waals surface area contributed by atoms with Crippen LogP contribution < -0.4 is 10.1 Å². The zero-order chi connectivity index (χ0) is 13.5. The molecule has 1 N–H and O–H groups in total. The second-order valence-electron chi connectivity index (χ2n) is 4.77. The van der Waals surface area contributed by atoms with Crippen molar-refractivity contribution >= 4 is 5.91 Å². The fourth-order valence-corrected chi connectivity index (χ4v) is 1.74. The van der Waals surface area contributed by atoms with Gasteiger partial charge in [0.05, 0.1) is 0 Å². The molecule has 2 atom stereocenters. The van der Waals surface area contributed by atoms with Crippen LogP contribution >= 0.6 is 0 Å². The summed E-state index contributed by atoms with van der Waals surface area (Å²) in [4.78, 5) is 11.9. The number of carbonyl (C=O) groups is 1. The van der Waals surface area contributed by atoms with Gasteiger partial charge in [0, 0.05) is 6.04 Å². The van der Waals surface area contributed by atoms with Gasteiger partial charge in [0.2, 0.25) is 0 Å². The maximum absolute atomic E-state index is 11.9. The molecule has 0 aliphatic rings. The third-order valence-corrected chi connectivity index (χ3v) is 2.81. The summed E-state index contributed by atoms with van der Waals surface area (Å²) in [5.41, 5.74) is 1.18. The maximum Gasteiger partial charge on any atom is 0.260 e. The molecule has 0 aromatic heterocycles. The molecule has 0 heterocycles. The summed E-state index contributed by atoms with van der Waals surface area (Å²) < 4.78 is 5.60. The lowest BCUT2D eigenvalue weighted by molar-refractivity contribution is -0.127. The van der Waals surface area contributed by atoms with Gasteiger partial charge in [-0.2, -0.15) is 0 Å². The summed E-state index contributed by atoms with van der Waals surface area (Å²) >= 11 is 0. The second-order valence-corrected chi connectivity index (χ2v) is 4.77. The second kappa shape index (κ2) is 7.04. The first-order valence-corrected chi connectivity index (χ1v) is 6.56. The molecule has 0 saturated heterocycles. The van der Waals surface area contributed by atoms with E-state index < -0.39 is 6.10 Å². The Bertz CT molecular complexity index is 373. The third kappa shape index (κ3) is 4.78. The first kappa shape index (κ1) is 14.6. The minimum atomic E-state index is -0.466. The summed E-state index contributed by atoms with van der Waals surface area (Å²) in [6.07, 6.45) is 1.59. The SMILES string of the molecule is CCCC(C)NC(=O)C(C)Oc1ccc(C)cc1. The van der Waals surface area contributed by atoms with Crippen molar-refractivity contribution in [3.8, 4) is 5.75 Å². The summed E-state index contributed by atoms with van der Waals surface area (Å²) in [7, 11) is 0. The van der Waals surface area contributed by atoms with Crippen LogP contribution in [0.5, 0.6) is 5.75 Å². The fourth-order valence-electron chi connectivity index (χ4n) is 1.74. The van der Waals surface area contributed by atoms with Crippen molar-refractivity contribution in [3.05, 3.63) is 29.8 Å². The van der Waals surface area contributed by atoms with E-state index in [4.69, 9.17) is 4.74 Å². The van der Waals surface area contributed by atoms with Gasteiger partial charge in [-0.05, 0) is 39.3 Å². The molecule has 0 spiro atoms. The number of hydrogen-bond donors (Lipinski definition) is 1. The van der Waals surface area contributed by atoms with Gasteiger partial charge in [0.15, 0.2) is 6.10 Å². The number of nitrogens with one attached hydrogen (secondary N) is 1. The van der Waals surface area contributed by atoms with Crippen molar-refractivity contribution in [3.63, 3.8) is 0 Å². The number of amides is 1. The maximum atomic E-state index is 11.9. The van der Waals surface area contributed by atoms with E-state index in [-0.39, 0.29) is 11.9 Å². The van der Waals surface area contributed by atoms with Crippen molar-refractivity contribution in [1.29, 1.82) is 0 Å². The molecule has 0 radical (unpaired) electrons. The van der Waals surface area contributed by atoms with Crippen LogP contribution in [-0.2, 0) is 4.79 Å². The van der Waals surface area contributed by atoms with Crippen molar-refractivity contribution in [1.82, 2.24) is 5.32 Å². The Balaban J connectivity index is 2.46.